The molecule has 2 heterocycles. The van der Waals surface area contributed by atoms with Crippen LogP contribution in [-0.2, 0) is 0 Å². The molecule has 7 nitrogen and oxygen atoms in total. The third-order valence-electron chi connectivity index (χ3n) is 4.71. The molecule has 1 fully saturated rings. The number of rotatable bonds is 4. The molecule has 1 aliphatic heterocycles. The Labute approximate surface area is 138 Å². The van der Waals surface area contributed by atoms with Crippen LogP contribution in [-0.4, -0.2) is 52.4 Å². The number of aromatic amines is 1. The number of aliphatic hydroxyl groups is 2. The zero-order valence-electron chi connectivity index (χ0n) is 13.3. The third kappa shape index (κ3) is 3.13. The number of carbonyl (C=O) groups excluding carboxylic acids is 1. The van der Waals surface area contributed by atoms with Gasteiger partial charge < -0.3 is 25.4 Å². The molecule has 1 aromatic carbocycles. The maximum absolute atomic E-state index is 12.5. The number of pyridine rings is 1. The van der Waals surface area contributed by atoms with Gasteiger partial charge in [-0.15, -0.1) is 0 Å². The second-order valence-electron chi connectivity index (χ2n) is 6.32. The van der Waals surface area contributed by atoms with Gasteiger partial charge in [0.1, 0.15) is 0 Å². The Morgan fingerprint density at radius 1 is 1.29 bits per heavy atom. The first-order chi connectivity index (χ1) is 11.6. The Hall–Kier alpha value is -2.38. The smallest absolute Gasteiger partial charge is 0.321 e. The molecule has 1 atom stereocenters. The molecule has 1 unspecified atom stereocenters. The van der Waals surface area contributed by atoms with Crippen LogP contribution in [0.25, 0.3) is 10.9 Å². The number of aromatic nitrogens is 1. The molecule has 0 aliphatic carbocycles. The first-order valence-corrected chi connectivity index (χ1v) is 7.97. The Morgan fingerprint density at radius 2 is 2.12 bits per heavy atom. The second-order valence-corrected chi connectivity index (χ2v) is 6.32. The fourth-order valence-corrected chi connectivity index (χ4v) is 3.25. The molecular formula is C17H21N3O4. The first kappa shape index (κ1) is 16.5. The van der Waals surface area contributed by atoms with Crippen molar-refractivity contribution >= 4 is 22.6 Å². The van der Waals surface area contributed by atoms with E-state index < -0.39 is 5.41 Å². The molecule has 24 heavy (non-hydrogen) atoms. The highest BCUT2D eigenvalue weighted by Gasteiger charge is 2.39. The number of likely N-dealkylation sites (tertiary alicyclic amines) is 1. The molecule has 4 N–H and O–H groups in total. The zero-order valence-corrected chi connectivity index (χ0v) is 13.3. The van der Waals surface area contributed by atoms with Gasteiger partial charge in [-0.3, -0.25) is 4.79 Å². The highest BCUT2D eigenvalue weighted by Crippen LogP contribution is 2.33. The van der Waals surface area contributed by atoms with Crippen LogP contribution in [0.3, 0.4) is 0 Å². The van der Waals surface area contributed by atoms with Crippen LogP contribution in [0, 0.1) is 5.41 Å². The van der Waals surface area contributed by atoms with Crippen molar-refractivity contribution in [3.63, 3.8) is 0 Å². The quantitative estimate of drug-likeness (QED) is 0.674. The number of nitrogens with zero attached hydrogens (tertiary/aromatic N) is 1. The summed E-state index contributed by atoms with van der Waals surface area (Å²) in [6.45, 7) is 0.894. The van der Waals surface area contributed by atoms with Crippen LogP contribution in [0.1, 0.15) is 12.8 Å². The lowest BCUT2D eigenvalue weighted by Crippen LogP contribution is -2.37. The first-order valence-electron chi connectivity index (χ1n) is 7.97. The third-order valence-corrected chi connectivity index (χ3v) is 4.71. The van der Waals surface area contributed by atoms with Gasteiger partial charge in [-0.25, -0.2) is 4.79 Å². The van der Waals surface area contributed by atoms with Gasteiger partial charge in [0, 0.05) is 36.6 Å². The summed E-state index contributed by atoms with van der Waals surface area (Å²) in [5.41, 5.74) is 0.669. The summed E-state index contributed by atoms with van der Waals surface area (Å²) in [6.07, 6.45) is 1.14. The fraction of sp³-hybridized carbons (Fsp3) is 0.412. The van der Waals surface area contributed by atoms with Crippen LogP contribution < -0.4 is 10.9 Å². The van der Waals surface area contributed by atoms with Gasteiger partial charge in [-0.2, -0.15) is 0 Å². The molecule has 128 valence electrons. The molecule has 2 amide bonds. The monoisotopic (exact) mass is 331 g/mol. The highest BCUT2D eigenvalue weighted by atomic mass is 16.3. The average Bonchev–Trinajstić information content (AvgIpc) is 3.00. The minimum absolute atomic E-state index is 0.00724. The molecule has 0 radical (unpaired) electrons. The zero-order chi connectivity index (χ0) is 17.2. The fourth-order valence-electron chi connectivity index (χ4n) is 3.25. The standard InChI is InChI=1S/C17H21N3O4/c21-9-7-17(11-22)6-8-20(10-17)16(24)19-14-3-1-2-13-12(14)4-5-15(23)18-13/h1-5,21-22H,6-11H2,(H,18,23)(H,19,24). The van der Waals surface area contributed by atoms with Crippen molar-refractivity contribution in [3.8, 4) is 0 Å². The maximum Gasteiger partial charge on any atom is 0.321 e. The summed E-state index contributed by atoms with van der Waals surface area (Å²) in [6, 6.07) is 8.18. The van der Waals surface area contributed by atoms with Crippen molar-refractivity contribution in [1.82, 2.24) is 9.88 Å². The predicted molar refractivity (Wildman–Crippen MR) is 91.0 cm³/mol. The number of nitrogens with one attached hydrogen (secondary N) is 2. The predicted octanol–water partition coefficient (Wildman–Crippen LogP) is 1.13. The van der Waals surface area contributed by atoms with E-state index in [1.165, 1.54) is 6.07 Å². The number of aliphatic hydroxyl groups excluding tert-OH is 2. The lowest BCUT2D eigenvalue weighted by atomic mass is 9.85. The van der Waals surface area contributed by atoms with Gasteiger partial charge in [0.25, 0.3) is 0 Å². The van der Waals surface area contributed by atoms with Gasteiger partial charge in [0.2, 0.25) is 5.56 Å². The summed E-state index contributed by atoms with van der Waals surface area (Å²) >= 11 is 0. The van der Waals surface area contributed by atoms with Crippen LogP contribution >= 0.6 is 0 Å². The van der Waals surface area contributed by atoms with E-state index in [1.807, 2.05) is 0 Å². The molecule has 1 saturated heterocycles. The number of anilines is 1. The van der Waals surface area contributed by atoms with Crippen LogP contribution in [0.5, 0.6) is 0 Å². The largest absolute Gasteiger partial charge is 0.396 e. The Balaban J connectivity index is 1.78. The summed E-state index contributed by atoms with van der Waals surface area (Å²) in [5.74, 6) is 0. The molecule has 7 heteroatoms. The number of hydrogen-bond donors (Lipinski definition) is 4. The van der Waals surface area contributed by atoms with Crippen molar-refractivity contribution in [1.29, 1.82) is 0 Å². The van der Waals surface area contributed by atoms with E-state index in [-0.39, 0.29) is 24.8 Å². The maximum atomic E-state index is 12.5. The van der Waals surface area contributed by atoms with E-state index in [1.54, 1.807) is 29.2 Å². The lowest BCUT2D eigenvalue weighted by Gasteiger charge is -2.26. The van der Waals surface area contributed by atoms with Crippen molar-refractivity contribution in [2.75, 3.05) is 31.6 Å². The summed E-state index contributed by atoms with van der Waals surface area (Å²) in [4.78, 5) is 28.3. The molecule has 0 saturated carbocycles. The van der Waals surface area contributed by atoms with E-state index >= 15 is 0 Å². The van der Waals surface area contributed by atoms with E-state index in [2.05, 4.69) is 10.3 Å². The number of H-pyrrole nitrogens is 1. The Bertz CT molecular complexity index is 804. The summed E-state index contributed by atoms with van der Waals surface area (Å²) in [5, 5.41) is 22.4. The normalized spacial score (nSPS) is 20.5. The molecule has 2 aromatic rings. The molecule has 3 rings (SSSR count). The number of amides is 2. The van der Waals surface area contributed by atoms with Crippen molar-refractivity contribution < 1.29 is 15.0 Å². The van der Waals surface area contributed by atoms with Crippen LogP contribution in [0.2, 0.25) is 0 Å². The average molecular weight is 331 g/mol. The van der Waals surface area contributed by atoms with Gasteiger partial charge >= 0.3 is 6.03 Å². The Morgan fingerprint density at radius 3 is 2.88 bits per heavy atom. The Kier molecular flexibility index (Phi) is 4.55. The SMILES string of the molecule is O=C(Nc1cccc2[nH]c(=O)ccc12)N1CCC(CO)(CCO)C1. The van der Waals surface area contributed by atoms with Gasteiger partial charge in [-0.05, 0) is 31.0 Å². The second kappa shape index (κ2) is 6.62. The van der Waals surface area contributed by atoms with E-state index in [4.69, 9.17) is 5.11 Å². The van der Waals surface area contributed by atoms with E-state index in [0.717, 1.165) is 5.39 Å². The molecule has 0 spiro atoms. The van der Waals surface area contributed by atoms with Crippen molar-refractivity contribution in [3.05, 3.63) is 40.7 Å². The number of benzene rings is 1. The number of fused-ring (bicyclic) bond motifs is 1. The molecule has 1 aliphatic rings. The minimum atomic E-state index is -0.421. The van der Waals surface area contributed by atoms with Gasteiger partial charge in [-0.1, -0.05) is 6.07 Å². The van der Waals surface area contributed by atoms with Crippen molar-refractivity contribution in [2.45, 2.75) is 12.8 Å². The number of urea groups is 1. The van der Waals surface area contributed by atoms with Crippen LogP contribution in [0.15, 0.2) is 35.1 Å². The molecule has 1 aromatic heterocycles. The topological polar surface area (TPSA) is 106 Å². The minimum Gasteiger partial charge on any atom is -0.396 e. The van der Waals surface area contributed by atoms with Gasteiger partial charge in [0.15, 0.2) is 0 Å². The lowest BCUT2D eigenvalue weighted by molar-refractivity contribution is 0.0990. The summed E-state index contributed by atoms with van der Waals surface area (Å²) in [7, 11) is 0. The molecule has 0 bridgehead atoms. The number of carbonyl (C=O) groups is 1. The summed E-state index contributed by atoms with van der Waals surface area (Å²) < 4.78 is 0. The van der Waals surface area contributed by atoms with E-state index in [9.17, 15) is 14.7 Å². The molecular weight excluding hydrogens is 310 g/mol. The number of hydrogen-bond acceptors (Lipinski definition) is 4. The highest BCUT2D eigenvalue weighted by molar-refractivity contribution is 6.00. The van der Waals surface area contributed by atoms with Crippen molar-refractivity contribution in [2.24, 2.45) is 5.41 Å². The van der Waals surface area contributed by atoms with Gasteiger partial charge in [0.05, 0.1) is 17.8 Å². The van der Waals surface area contributed by atoms with E-state index in [0.29, 0.717) is 37.1 Å². The van der Waals surface area contributed by atoms with Crippen LogP contribution in [0.4, 0.5) is 10.5 Å².